The second-order valence-electron chi connectivity index (χ2n) is 4.86. The van der Waals surface area contributed by atoms with E-state index < -0.39 is 0 Å². The molecule has 0 aliphatic carbocycles. The number of ketones is 1. The third-order valence-corrected chi connectivity index (χ3v) is 5.43. The van der Waals surface area contributed by atoms with Gasteiger partial charge >= 0.3 is 0 Å². The van der Waals surface area contributed by atoms with Crippen LogP contribution in [0.4, 0.5) is 0 Å². The Morgan fingerprint density at radius 2 is 2.09 bits per heavy atom. The Morgan fingerprint density at radius 1 is 1.26 bits per heavy atom. The number of rotatable bonds is 7. The van der Waals surface area contributed by atoms with Crippen molar-refractivity contribution in [3.05, 3.63) is 63.6 Å². The lowest BCUT2D eigenvalue weighted by molar-refractivity contribution is 0.102. The first-order valence-electron chi connectivity index (χ1n) is 7.04. The molecule has 0 unspecified atom stereocenters. The van der Waals surface area contributed by atoms with E-state index >= 15 is 0 Å². The van der Waals surface area contributed by atoms with Gasteiger partial charge in [-0.25, -0.2) is 0 Å². The van der Waals surface area contributed by atoms with E-state index in [9.17, 15) is 4.79 Å². The van der Waals surface area contributed by atoms with Crippen molar-refractivity contribution in [1.29, 1.82) is 0 Å². The lowest BCUT2D eigenvalue weighted by atomic mass is 10.1. The molecule has 0 spiro atoms. The first-order valence-corrected chi connectivity index (χ1v) is 9.28. The molecule has 0 bridgehead atoms. The molecule has 2 heterocycles. The topological polar surface area (TPSA) is 47.8 Å². The van der Waals surface area contributed by atoms with Gasteiger partial charge in [-0.2, -0.15) is 0 Å². The number of aryl methyl sites for hydroxylation is 2. The zero-order valence-electron chi connectivity index (χ0n) is 12.2. The molecular weight excluding hydrogens is 350 g/mol. The molecule has 0 fully saturated rings. The maximum absolute atomic E-state index is 12.2. The van der Waals surface area contributed by atoms with Crippen LogP contribution in [0.1, 0.15) is 15.2 Å². The fourth-order valence-corrected chi connectivity index (χ4v) is 3.70. The number of aromatic nitrogens is 3. The summed E-state index contributed by atoms with van der Waals surface area (Å²) >= 11 is 8.98. The number of thiophene rings is 1. The molecule has 3 rings (SSSR count). The number of hydrogen-bond donors (Lipinski definition) is 0. The molecule has 0 atom stereocenters. The van der Waals surface area contributed by atoms with E-state index in [-0.39, 0.29) is 5.78 Å². The zero-order valence-corrected chi connectivity index (χ0v) is 14.6. The van der Waals surface area contributed by atoms with Crippen LogP contribution in [0.25, 0.3) is 0 Å². The number of hydrogen-bond acceptors (Lipinski definition) is 5. The highest BCUT2D eigenvalue weighted by molar-refractivity contribution is 7.99. The van der Waals surface area contributed by atoms with Crippen LogP contribution in [0.5, 0.6) is 0 Å². The van der Waals surface area contributed by atoms with Gasteiger partial charge in [-0.3, -0.25) is 4.79 Å². The first-order chi connectivity index (χ1) is 11.2. The molecule has 2 aromatic heterocycles. The van der Waals surface area contributed by atoms with E-state index in [1.807, 2.05) is 10.6 Å². The van der Waals surface area contributed by atoms with Crippen LogP contribution in [0.3, 0.4) is 0 Å². The smallest absolute Gasteiger partial charge is 0.191 e. The van der Waals surface area contributed by atoms with Crippen molar-refractivity contribution in [3.8, 4) is 0 Å². The molecule has 0 amide bonds. The highest BCUT2D eigenvalue weighted by Crippen LogP contribution is 2.19. The third kappa shape index (κ3) is 4.43. The quantitative estimate of drug-likeness (QED) is 0.466. The standard InChI is InChI=1S/C16H14ClN3OS2/c17-13-5-3-12(4-6-13)15(21)10-23-16-19-18-11-20(16)8-7-14-2-1-9-22-14/h1-6,9,11H,7-8,10H2. The molecule has 0 N–H and O–H groups in total. The summed E-state index contributed by atoms with van der Waals surface area (Å²) in [6.07, 6.45) is 2.65. The average molecular weight is 364 g/mol. The van der Waals surface area contributed by atoms with Gasteiger partial charge in [0.2, 0.25) is 0 Å². The molecule has 3 aromatic rings. The molecule has 0 saturated carbocycles. The zero-order chi connectivity index (χ0) is 16.1. The van der Waals surface area contributed by atoms with Crippen LogP contribution in [-0.2, 0) is 13.0 Å². The van der Waals surface area contributed by atoms with Gasteiger partial charge in [-0.1, -0.05) is 29.4 Å². The van der Waals surface area contributed by atoms with Crippen molar-refractivity contribution < 1.29 is 4.79 Å². The van der Waals surface area contributed by atoms with E-state index in [0.29, 0.717) is 16.3 Å². The van der Waals surface area contributed by atoms with Crippen LogP contribution in [0, 0.1) is 0 Å². The van der Waals surface area contributed by atoms with Gasteiger partial charge in [0.15, 0.2) is 10.9 Å². The molecule has 1 aromatic carbocycles. The molecule has 0 aliphatic rings. The van der Waals surface area contributed by atoms with E-state index in [1.165, 1.54) is 16.6 Å². The van der Waals surface area contributed by atoms with Crippen LogP contribution in [-0.4, -0.2) is 26.3 Å². The van der Waals surface area contributed by atoms with Crippen molar-refractivity contribution in [2.24, 2.45) is 0 Å². The van der Waals surface area contributed by atoms with Crippen LogP contribution in [0.15, 0.2) is 53.3 Å². The largest absolute Gasteiger partial charge is 0.308 e. The highest BCUT2D eigenvalue weighted by atomic mass is 35.5. The second-order valence-corrected chi connectivity index (χ2v) is 7.27. The third-order valence-electron chi connectivity index (χ3n) is 3.26. The number of nitrogens with zero attached hydrogens (tertiary/aromatic N) is 3. The lowest BCUT2D eigenvalue weighted by Gasteiger charge is -2.05. The van der Waals surface area contributed by atoms with Crippen molar-refractivity contribution in [3.63, 3.8) is 0 Å². The van der Waals surface area contributed by atoms with Crippen molar-refractivity contribution in [2.75, 3.05) is 5.75 Å². The highest BCUT2D eigenvalue weighted by Gasteiger charge is 2.11. The SMILES string of the molecule is O=C(CSc1nncn1CCc1cccs1)c1ccc(Cl)cc1. The number of thioether (sulfide) groups is 1. The summed E-state index contributed by atoms with van der Waals surface area (Å²) in [5.74, 6) is 0.388. The van der Waals surface area contributed by atoms with Gasteiger partial charge in [0.1, 0.15) is 6.33 Å². The molecule has 4 nitrogen and oxygen atoms in total. The van der Waals surface area contributed by atoms with Gasteiger partial charge < -0.3 is 4.57 Å². The fraction of sp³-hybridized carbons (Fsp3) is 0.188. The minimum absolute atomic E-state index is 0.0551. The number of carbonyl (C=O) groups excluding carboxylic acids is 1. The number of carbonyl (C=O) groups is 1. The van der Waals surface area contributed by atoms with E-state index in [2.05, 4.69) is 21.6 Å². The van der Waals surface area contributed by atoms with E-state index in [0.717, 1.165) is 18.1 Å². The molecular formula is C16H14ClN3OS2. The van der Waals surface area contributed by atoms with Gasteiger partial charge in [0, 0.05) is 22.0 Å². The normalized spacial score (nSPS) is 10.8. The molecule has 0 radical (unpaired) electrons. The summed E-state index contributed by atoms with van der Waals surface area (Å²) in [5.41, 5.74) is 0.659. The van der Waals surface area contributed by atoms with Crippen molar-refractivity contribution in [2.45, 2.75) is 18.1 Å². The summed E-state index contributed by atoms with van der Waals surface area (Å²) < 4.78 is 1.99. The Bertz CT molecular complexity index is 769. The predicted molar refractivity (Wildman–Crippen MR) is 94.6 cm³/mol. The van der Waals surface area contributed by atoms with Crippen LogP contribution < -0.4 is 0 Å². The van der Waals surface area contributed by atoms with Gasteiger partial charge in [0.05, 0.1) is 5.75 Å². The summed E-state index contributed by atoms with van der Waals surface area (Å²) in [6, 6.07) is 11.1. The Morgan fingerprint density at radius 3 is 2.83 bits per heavy atom. The first kappa shape index (κ1) is 16.2. The average Bonchev–Trinajstić information content (AvgIpc) is 3.22. The van der Waals surface area contributed by atoms with Crippen molar-refractivity contribution >= 4 is 40.5 Å². The molecule has 7 heteroatoms. The lowest BCUT2D eigenvalue weighted by Crippen LogP contribution is -2.05. The maximum atomic E-state index is 12.2. The van der Waals surface area contributed by atoms with E-state index in [1.54, 1.807) is 41.9 Å². The molecule has 0 saturated heterocycles. The summed E-state index contributed by atoms with van der Waals surface area (Å²) in [5, 5.41) is 11.5. The molecule has 118 valence electrons. The van der Waals surface area contributed by atoms with Gasteiger partial charge in [-0.05, 0) is 42.1 Å². The van der Waals surface area contributed by atoms with Crippen LogP contribution in [0.2, 0.25) is 5.02 Å². The maximum Gasteiger partial charge on any atom is 0.191 e. The Hall–Kier alpha value is -1.63. The predicted octanol–water partition coefficient (Wildman–Crippen LogP) is 4.21. The number of Topliss-reactive ketones (excluding diaryl/α,β-unsaturated/α-hetero) is 1. The summed E-state index contributed by atoms with van der Waals surface area (Å²) in [6.45, 7) is 0.810. The summed E-state index contributed by atoms with van der Waals surface area (Å²) in [7, 11) is 0. The summed E-state index contributed by atoms with van der Waals surface area (Å²) in [4.78, 5) is 13.5. The van der Waals surface area contributed by atoms with E-state index in [4.69, 9.17) is 11.6 Å². The van der Waals surface area contributed by atoms with Crippen molar-refractivity contribution in [1.82, 2.24) is 14.8 Å². The minimum atomic E-state index is 0.0551. The van der Waals surface area contributed by atoms with Crippen LogP contribution >= 0.6 is 34.7 Å². The Kier molecular flexibility index (Phi) is 5.48. The molecule has 0 aliphatic heterocycles. The fourth-order valence-electron chi connectivity index (χ4n) is 2.04. The van der Waals surface area contributed by atoms with Gasteiger partial charge in [0.25, 0.3) is 0 Å². The van der Waals surface area contributed by atoms with Gasteiger partial charge in [-0.15, -0.1) is 21.5 Å². The number of benzene rings is 1. The Labute approximate surface area is 147 Å². The second kappa shape index (κ2) is 7.77. The monoisotopic (exact) mass is 363 g/mol. The Balaban J connectivity index is 1.57. The number of halogens is 1. The molecule has 23 heavy (non-hydrogen) atoms. The minimum Gasteiger partial charge on any atom is -0.308 e.